The molecule has 160 valence electrons. The number of para-hydroxylation sites is 1. The molecule has 7 nitrogen and oxygen atoms in total. The lowest BCUT2D eigenvalue weighted by Crippen LogP contribution is -2.41. The van der Waals surface area contributed by atoms with Gasteiger partial charge in [0.15, 0.2) is 0 Å². The number of hydrogen-bond acceptors (Lipinski definition) is 4. The van der Waals surface area contributed by atoms with Crippen molar-refractivity contribution in [2.75, 3.05) is 11.9 Å². The second-order valence-corrected chi connectivity index (χ2v) is 6.84. The third-order valence-electron chi connectivity index (χ3n) is 4.33. The quantitative estimate of drug-likeness (QED) is 0.406. The molecule has 2 aromatic rings. The highest BCUT2D eigenvalue weighted by Crippen LogP contribution is 2.18. The number of carbonyl (C=O) groups is 3. The SMILES string of the molecule is CCCCCOc1ccccc1C(=O)NNC(=O)c1ccc(NC(=O)CCC)cc1. The number of benzene rings is 2. The summed E-state index contributed by atoms with van der Waals surface area (Å²) in [5.74, 6) is -0.515. The van der Waals surface area contributed by atoms with Gasteiger partial charge in [0.2, 0.25) is 5.91 Å². The Bertz CT molecular complexity index is 850. The van der Waals surface area contributed by atoms with Gasteiger partial charge in [-0.3, -0.25) is 25.2 Å². The summed E-state index contributed by atoms with van der Waals surface area (Å²) in [5.41, 5.74) is 6.13. The van der Waals surface area contributed by atoms with Crippen LogP contribution in [0.5, 0.6) is 5.75 Å². The number of hydrazine groups is 1. The first-order chi connectivity index (χ1) is 14.5. The van der Waals surface area contributed by atoms with E-state index in [1.54, 1.807) is 48.5 Å². The lowest BCUT2D eigenvalue weighted by atomic mass is 10.2. The minimum atomic E-state index is -0.462. The number of nitrogens with one attached hydrogen (secondary N) is 3. The Morgan fingerprint density at radius 1 is 0.833 bits per heavy atom. The van der Waals surface area contributed by atoms with Gasteiger partial charge in [-0.2, -0.15) is 0 Å². The van der Waals surface area contributed by atoms with Crippen LogP contribution in [0.2, 0.25) is 0 Å². The largest absolute Gasteiger partial charge is 0.493 e. The average molecular weight is 412 g/mol. The lowest BCUT2D eigenvalue weighted by Gasteiger charge is -2.12. The summed E-state index contributed by atoms with van der Waals surface area (Å²) in [6.07, 6.45) is 4.27. The van der Waals surface area contributed by atoms with Gasteiger partial charge in [-0.05, 0) is 49.2 Å². The number of anilines is 1. The fourth-order valence-corrected chi connectivity index (χ4v) is 2.72. The monoisotopic (exact) mass is 411 g/mol. The maximum atomic E-state index is 12.5. The fourth-order valence-electron chi connectivity index (χ4n) is 2.72. The van der Waals surface area contributed by atoms with Crippen molar-refractivity contribution in [2.24, 2.45) is 0 Å². The standard InChI is InChI=1S/C23H29N3O4/c1-3-5-8-16-30-20-11-7-6-10-19(20)23(29)26-25-22(28)17-12-14-18(15-13-17)24-21(27)9-4-2/h6-7,10-15H,3-5,8-9,16H2,1-2H3,(H,24,27)(H,25,28)(H,26,29). The van der Waals surface area contributed by atoms with E-state index < -0.39 is 11.8 Å². The van der Waals surface area contributed by atoms with E-state index in [1.165, 1.54) is 0 Å². The summed E-state index contributed by atoms with van der Waals surface area (Å²) in [5, 5.41) is 2.76. The van der Waals surface area contributed by atoms with Crippen LogP contribution in [0.4, 0.5) is 5.69 Å². The van der Waals surface area contributed by atoms with E-state index in [9.17, 15) is 14.4 Å². The molecule has 0 aromatic heterocycles. The van der Waals surface area contributed by atoms with Crippen LogP contribution in [0.15, 0.2) is 48.5 Å². The van der Waals surface area contributed by atoms with E-state index in [1.807, 2.05) is 6.92 Å². The normalized spacial score (nSPS) is 10.2. The van der Waals surface area contributed by atoms with E-state index in [-0.39, 0.29) is 5.91 Å². The van der Waals surface area contributed by atoms with Crippen molar-refractivity contribution in [1.29, 1.82) is 0 Å². The van der Waals surface area contributed by atoms with Crippen LogP contribution in [-0.2, 0) is 4.79 Å². The van der Waals surface area contributed by atoms with Gasteiger partial charge in [0, 0.05) is 17.7 Å². The molecule has 0 unspecified atom stereocenters. The second kappa shape index (κ2) is 12.3. The molecule has 2 rings (SSSR count). The Kier molecular flexibility index (Phi) is 9.37. The van der Waals surface area contributed by atoms with Gasteiger partial charge in [0.1, 0.15) is 5.75 Å². The maximum absolute atomic E-state index is 12.5. The van der Waals surface area contributed by atoms with E-state index in [4.69, 9.17) is 4.74 Å². The zero-order chi connectivity index (χ0) is 21.8. The first kappa shape index (κ1) is 22.9. The average Bonchev–Trinajstić information content (AvgIpc) is 2.76. The van der Waals surface area contributed by atoms with Gasteiger partial charge in [-0.25, -0.2) is 0 Å². The molecular formula is C23H29N3O4. The Morgan fingerprint density at radius 2 is 1.53 bits per heavy atom. The summed E-state index contributed by atoms with van der Waals surface area (Å²) < 4.78 is 5.71. The molecule has 0 saturated heterocycles. The zero-order valence-corrected chi connectivity index (χ0v) is 17.5. The van der Waals surface area contributed by atoms with Crippen LogP contribution in [-0.4, -0.2) is 24.3 Å². The molecule has 0 saturated carbocycles. The van der Waals surface area contributed by atoms with Crippen LogP contribution < -0.4 is 20.9 Å². The predicted molar refractivity (Wildman–Crippen MR) is 116 cm³/mol. The fraction of sp³-hybridized carbons (Fsp3) is 0.348. The van der Waals surface area contributed by atoms with E-state index in [2.05, 4.69) is 23.1 Å². The van der Waals surface area contributed by atoms with Crippen molar-refractivity contribution in [1.82, 2.24) is 10.9 Å². The molecule has 0 aliphatic carbocycles. The smallest absolute Gasteiger partial charge is 0.273 e. The van der Waals surface area contributed by atoms with Gasteiger partial charge < -0.3 is 10.1 Å². The zero-order valence-electron chi connectivity index (χ0n) is 17.5. The minimum Gasteiger partial charge on any atom is -0.493 e. The molecule has 0 radical (unpaired) electrons. The molecule has 0 aliphatic rings. The Labute approximate surface area is 177 Å². The number of ether oxygens (including phenoxy) is 1. The molecule has 30 heavy (non-hydrogen) atoms. The second-order valence-electron chi connectivity index (χ2n) is 6.84. The van der Waals surface area contributed by atoms with Crippen LogP contribution >= 0.6 is 0 Å². The summed E-state index contributed by atoms with van der Waals surface area (Å²) in [4.78, 5) is 36.4. The first-order valence-electron chi connectivity index (χ1n) is 10.3. The van der Waals surface area contributed by atoms with Gasteiger partial charge in [-0.15, -0.1) is 0 Å². The van der Waals surface area contributed by atoms with E-state index in [0.29, 0.717) is 35.6 Å². The minimum absolute atomic E-state index is 0.0717. The third kappa shape index (κ3) is 7.24. The van der Waals surface area contributed by atoms with E-state index >= 15 is 0 Å². The molecule has 0 bridgehead atoms. The van der Waals surface area contributed by atoms with Gasteiger partial charge >= 0.3 is 0 Å². The summed E-state index contributed by atoms with van der Waals surface area (Å²) in [7, 11) is 0. The molecule has 0 atom stereocenters. The van der Waals surface area contributed by atoms with Crippen molar-refractivity contribution < 1.29 is 19.1 Å². The highest BCUT2D eigenvalue weighted by molar-refractivity contribution is 6.00. The highest BCUT2D eigenvalue weighted by atomic mass is 16.5. The van der Waals surface area contributed by atoms with Crippen molar-refractivity contribution in [3.05, 3.63) is 59.7 Å². The molecule has 3 amide bonds. The van der Waals surface area contributed by atoms with Gasteiger partial charge in [0.05, 0.1) is 12.2 Å². The van der Waals surface area contributed by atoms with Crippen molar-refractivity contribution in [2.45, 2.75) is 46.0 Å². The van der Waals surface area contributed by atoms with Crippen molar-refractivity contribution in [3.63, 3.8) is 0 Å². The molecular weight excluding hydrogens is 382 g/mol. The number of carbonyl (C=O) groups excluding carboxylic acids is 3. The van der Waals surface area contributed by atoms with Crippen LogP contribution in [0, 0.1) is 0 Å². The van der Waals surface area contributed by atoms with Crippen LogP contribution in [0.3, 0.4) is 0 Å². The highest BCUT2D eigenvalue weighted by Gasteiger charge is 2.14. The van der Waals surface area contributed by atoms with Crippen molar-refractivity contribution >= 4 is 23.4 Å². The molecule has 2 aromatic carbocycles. The van der Waals surface area contributed by atoms with Crippen molar-refractivity contribution in [3.8, 4) is 5.75 Å². The Morgan fingerprint density at radius 3 is 2.23 bits per heavy atom. The Hall–Kier alpha value is -3.35. The van der Waals surface area contributed by atoms with Crippen LogP contribution in [0.1, 0.15) is 66.7 Å². The molecule has 0 fully saturated rings. The first-order valence-corrected chi connectivity index (χ1v) is 10.3. The third-order valence-corrected chi connectivity index (χ3v) is 4.33. The summed E-state index contributed by atoms with van der Waals surface area (Å²) in [6, 6.07) is 13.3. The predicted octanol–water partition coefficient (Wildman–Crippen LogP) is 4.07. The van der Waals surface area contributed by atoms with Gasteiger partial charge in [0.25, 0.3) is 11.8 Å². The molecule has 3 N–H and O–H groups in total. The Balaban J connectivity index is 1.90. The topological polar surface area (TPSA) is 96.5 Å². The molecule has 0 spiro atoms. The number of rotatable bonds is 10. The summed E-state index contributed by atoms with van der Waals surface area (Å²) >= 11 is 0. The number of unbranched alkanes of at least 4 members (excludes halogenated alkanes) is 2. The summed E-state index contributed by atoms with van der Waals surface area (Å²) in [6.45, 7) is 4.57. The number of amides is 3. The molecule has 0 aliphatic heterocycles. The number of hydrogen-bond donors (Lipinski definition) is 3. The van der Waals surface area contributed by atoms with E-state index in [0.717, 1.165) is 25.7 Å². The molecule has 7 heteroatoms. The van der Waals surface area contributed by atoms with Gasteiger partial charge in [-0.1, -0.05) is 38.8 Å². The lowest BCUT2D eigenvalue weighted by molar-refractivity contribution is -0.116. The van der Waals surface area contributed by atoms with Crippen LogP contribution in [0.25, 0.3) is 0 Å². The maximum Gasteiger partial charge on any atom is 0.273 e. The molecule has 0 heterocycles.